The molecular weight excluding hydrogens is 324 g/mol. The van der Waals surface area contributed by atoms with E-state index in [0.717, 1.165) is 0 Å². The normalized spacial score (nSPS) is 13.8. The van der Waals surface area contributed by atoms with Crippen LogP contribution in [0.3, 0.4) is 0 Å². The summed E-state index contributed by atoms with van der Waals surface area (Å²) in [6, 6.07) is 7.64. The number of carboxylic acid groups (broad SMARTS) is 1. The molecule has 2 aromatic rings. The molecule has 0 amide bonds. The van der Waals surface area contributed by atoms with Gasteiger partial charge in [-0.15, -0.1) is 0 Å². The number of phenols is 1. The maximum absolute atomic E-state index is 12.8. The van der Waals surface area contributed by atoms with Crippen LogP contribution in [0.4, 0.5) is 0 Å². The Bertz CT molecular complexity index is 912. The van der Waals surface area contributed by atoms with Crippen LogP contribution >= 0.6 is 0 Å². The highest BCUT2D eigenvalue weighted by molar-refractivity contribution is 6.30. The molecule has 0 saturated heterocycles. The van der Waals surface area contributed by atoms with Crippen molar-refractivity contribution in [1.29, 1.82) is 0 Å². The van der Waals surface area contributed by atoms with Crippen LogP contribution in [0.5, 0.6) is 11.5 Å². The molecule has 0 radical (unpaired) electrons. The zero-order chi connectivity index (χ0) is 18.3. The van der Waals surface area contributed by atoms with Crippen molar-refractivity contribution in [2.24, 2.45) is 5.92 Å². The monoisotopic (exact) mass is 340 g/mol. The van der Waals surface area contributed by atoms with Crippen LogP contribution in [0.2, 0.25) is 0 Å². The van der Waals surface area contributed by atoms with E-state index in [-0.39, 0.29) is 34.4 Å². The summed E-state index contributed by atoms with van der Waals surface area (Å²) >= 11 is 0. The molecule has 2 N–H and O–H groups in total. The Morgan fingerprint density at radius 2 is 1.72 bits per heavy atom. The molecule has 0 bridgehead atoms. The molecule has 0 saturated carbocycles. The van der Waals surface area contributed by atoms with E-state index >= 15 is 0 Å². The maximum Gasteiger partial charge on any atom is 0.306 e. The second kappa shape index (κ2) is 6.05. The topological polar surface area (TPSA) is 101 Å². The molecule has 0 aromatic heterocycles. The van der Waals surface area contributed by atoms with Gasteiger partial charge in [0.25, 0.3) is 0 Å². The number of hydrogen-bond acceptors (Lipinski definition) is 5. The Morgan fingerprint density at radius 3 is 2.36 bits per heavy atom. The number of phenolic OH excluding ortho intramolecular Hbond substituents is 1. The fraction of sp³-hybridized carbons (Fsp3) is 0.211. The molecule has 6 nitrogen and oxygen atoms in total. The van der Waals surface area contributed by atoms with E-state index < -0.39 is 23.5 Å². The number of methoxy groups -OCH3 is 1. The van der Waals surface area contributed by atoms with Crippen LogP contribution < -0.4 is 4.74 Å². The first kappa shape index (κ1) is 16.7. The summed E-state index contributed by atoms with van der Waals surface area (Å²) in [5, 5.41) is 19.5. The van der Waals surface area contributed by atoms with Crippen LogP contribution in [0.15, 0.2) is 30.3 Å². The average Bonchev–Trinajstić information content (AvgIpc) is 2.60. The van der Waals surface area contributed by atoms with Gasteiger partial charge in [0.05, 0.1) is 24.2 Å². The highest BCUT2D eigenvalue weighted by atomic mass is 16.5. The van der Waals surface area contributed by atoms with Gasteiger partial charge in [-0.3, -0.25) is 14.4 Å². The molecule has 3 rings (SSSR count). The van der Waals surface area contributed by atoms with Gasteiger partial charge < -0.3 is 14.9 Å². The highest BCUT2D eigenvalue weighted by Gasteiger charge is 2.35. The van der Waals surface area contributed by atoms with Crippen molar-refractivity contribution in [3.63, 3.8) is 0 Å². The van der Waals surface area contributed by atoms with Gasteiger partial charge in [-0.1, -0.05) is 25.1 Å². The van der Waals surface area contributed by atoms with E-state index in [1.54, 1.807) is 12.1 Å². The summed E-state index contributed by atoms with van der Waals surface area (Å²) in [4.78, 5) is 36.7. The van der Waals surface area contributed by atoms with Crippen LogP contribution in [0.25, 0.3) is 0 Å². The largest absolute Gasteiger partial charge is 0.507 e. The van der Waals surface area contributed by atoms with Gasteiger partial charge >= 0.3 is 5.97 Å². The Balaban J connectivity index is 2.16. The zero-order valence-corrected chi connectivity index (χ0v) is 13.7. The molecule has 1 aliphatic carbocycles. The molecule has 2 aromatic carbocycles. The molecule has 1 unspecified atom stereocenters. The van der Waals surface area contributed by atoms with E-state index in [1.165, 1.54) is 32.2 Å². The summed E-state index contributed by atoms with van der Waals surface area (Å²) in [5.74, 6) is -2.66. The van der Waals surface area contributed by atoms with Gasteiger partial charge in [0.15, 0.2) is 11.6 Å². The van der Waals surface area contributed by atoms with Crippen LogP contribution in [0, 0.1) is 5.92 Å². The van der Waals surface area contributed by atoms with E-state index in [1.807, 2.05) is 0 Å². The average molecular weight is 340 g/mol. The number of carboxylic acids is 1. The van der Waals surface area contributed by atoms with Crippen molar-refractivity contribution < 1.29 is 29.3 Å². The minimum atomic E-state index is -1.00. The minimum absolute atomic E-state index is 0.0564. The molecule has 25 heavy (non-hydrogen) atoms. The minimum Gasteiger partial charge on any atom is -0.507 e. The van der Waals surface area contributed by atoms with E-state index in [2.05, 4.69) is 0 Å². The summed E-state index contributed by atoms with van der Waals surface area (Å²) < 4.78 is 5.18. The quantitative estimate of drug-likeness (QED) is 0.756. The lowest BCUT2D eigenvalue weighted by Crippen LogP contribution is -2.22. The van der Waals surface area contributed by atoms with Crippen molar-refractivity contribution in [2.45, 2.75) is 13.3 Å². The first-order valence-corrected chi connectivity index (χ1v) is 7.70. The number of fused-ring (bicyclic) bond motifs is 2. The van der Waals surface area contributed by atoms with E-state index in [0.29, 0.717) is 11.3 Å². The molecule has 0 heterocycles. The number of hydrogen-bond donors (Lipinski definition) is 2. The van der Waals surface area contributed by atoms with Gasteiger partial charge in [0.1, 0.15) is 11.5 Å². The maximum atomic E-state index is 12.8. The van der Waals surface area contributed by atoms with E-state index in [4.69, 9.17) is 9.84 Å². The van der Waals surface area contributed by atoms with Gasteiger partial charge in [-0.25, -0.2) is 0 Å². The molecule has 1 atom stereocenters. The number of aromatic hydroxyl groups is 1. The van der Waals surface area contributed by atoms with Crippen molar-refractivity contribution in [3.8, 4) is 11.5 Å². The second-order valence-electron chi connectivity index (χ2n) is 5.98. The fourth-order valence-electron chi connectivity index (χ4n) is 3.03. The lowest BCUT2D eigenvalue weighted by atomic mass is 9.81. The Kier molecular flexibility index (Phi) is 4.04. The summed E-state index contributed by atoms with van der Waals surface area (Å²) in [6.07, 6.45) is 0.0564. The number of rotatable bonds is 4. The third-order valence-electron chi connectivity index (χ3n) is 4.40. The second-order valence-corrected chi connectivity index (χ2v) is 5.98. The highest BCUT2D eigenvalue weighted by Crippen LogP contribution is 2.38. The lowest BCUT2D eigenvalue weighted by Gasteiger charge is -2.21. The molecule has 0 aliphatic heterocycles. The molecular formula is C19H16O6. The zero-order valence-electron chi connectivity index (χ0n) is 13.7. The van der Waals surface area contributed by atoms with Gasteiger partial charge in [-0.05, 0) is 24.1 Å². The first-order chi connectivity index (χ1) is 11.9. The summed E-state index contributed by atoms with van der Waals surface area (Å²) in [5.41, 5.74) is 0.664. The van der Waals surface area contributed by atoms with E-state index in [9.17, 15) is 19.5 Å². The van der Waals surface area contributed by atoms with Gasteiger partial charge in [-0.2, -0.15) is 0 Å². The number of aliphatic carboxylic acids is 1. The standard InChI is InChI=1S/C19H16O6/c1-9(19(23)24)8-10-6-7-12-15(16(10)20)18(22)11-4-3-5-13(25-2)14(11)17(12)21/h3-7,9,20H,8H2,1-2H3,(H,23,24). The van der Waals surface area contributed by atoms with Crippen molar-refractivity contribution >= 4 is 17.5 Å². The number of benzene rings is 2. The third kappa shape index (κ3) is 2.55. The van der Waals surface area contributed by atoms with Gasteiger partial charge in [0.2, 0.25) is 0 Å². The van der Waals surface area contributed by atoms with Crippen LogP contribution in [-0.2, 0) is 11.2 Å². The number of ether oxygens (including phenoxy) is 1. The van der Waals surface area contributed by atoms with Crippen molar-refractivity contribution in [2.75, 3.05) is 7.11 Å². The summed E-state index contributed by atoms with van der Waals surface area (Å²) in [6.45, 7) is 1.51. The van der Waals surface area contributed by atoms with Crippen LogP contribution in [-0.4, -0.2) is 34.9 Å². The Hall–Kier alpha value is -3.15. The Labute approximate surface area is 143 Å². The predicted molar refractivity (Wildman–Crippen MR) is 88.5 cm³/mol. The number of carbonyl (C=O) groups excluding carboxylic acids is 2. The molecule has 128 valence electrons. The molecule has 0 spiro atoms. The molecule has 1 aliphatic rings. The number of ketones is 2. The van der Waals surface area contributed by atoms with Crippen LogP contribution in [0.1, 0.15) is 44.3 Å². The summed E-state index contributed by atoms with van der Waals surface area (Å²) in [7, 11) is 1.41. The number of carbonyl (C=O) groups is 3. The first-order valence-electron chi connectivity index (χ1n) is 7.70. The smallest absolute Gasteiger partial charge is 0.306 e. The third-order valence-corrected chi connectivity index (χ3v) is 4.40. The SMILES string of the molecule is COc1cccc2c1C(=O)c1ccc(CC(C)C(=O)O)c(O)c1C2=O. The predicted octanol–water partition coefficient (Wildman–Crippen LogP) is 2.44. The fourth-order valence-corrected chi connectivity index (χ4v) is 3.03. The van der Waals surface area contributed by atoms with Crippen molar-refractivity contribution in [3.05, 3.63) is 58.1 Å². The molecule has 0 fully saturated rings. The lowest BCUT2D eigenvalue weighted by molar-refractivity contribution is -0.141. The van der Waals surface area contributed by atoms with Gasteiger partial charge in [0, 0.05) is 11.1 Å². The Morgan fingerprint density at radius 1 is 1.08 bits per heavy atom. The van der Waals surface area contributed by atoms with Crippen molar-refractivity contribution in [1.82, 2.24) is 0 Å². The molecule has 6 heteroatoms.